The summed E-state index contributed by atoms with van der Waals surface area (Å²) in [6.45, 7) is 4.33. The number of hydrogen-bond donors (Lipinski definition) is 2. The van der Waals surface area contributed by atoms with Crippen molar-refractivity contribution in [3.8, 4) is 11.3 Å². The van der Waals surface area contributed by atoms with E-state index in [1.165, 1.54) is 5.56 Å². The maximum absolute atomic E-state index is 11.8. The van der Waals surface area contributed by atoms with Crippen LogP contribution >= 0.6 is 12.2 Å². The Hall–Kier alpha value is -3.97. The highest BCUT2D eigenvalue weighted by Gasteiger charge is 2.42. The number of carboxylic acids is 1. The van der Waals surface area contributed by atoms with Crippen molar-refractivity contribution in [2.24, 2.45) is 0 Å². The van der Waals surface area contributed by atoms with Crippen LogP contribution in [0.1, 0.15) is 59.2 Å². The molecule has 176 valence electrons. The average Bonchev–Trinajstić information content (AvgIpc) is 3.49. The normalized spacial score (nSPS) is 17.6. The summed E-state index contributed by atoms with van der Waals surface area (Å²) in [5, 5.41) is 13.6. The van der Waals surface area contributed by atoms with Crippen LogP contribution in [-0.2, 0) is 0 Å². The second-order valence-corrected chi connectivity index (χ2v) is 9.18. The topological polar surface area (TPSA) is 78.6 Å². The highest BCUT2D eigenvalue weighted by Crippen LogP contribution is 2.43. The molecule has 5 rings (SSSR count). The maximum Gasteiger partial charge on any atom is 0.336 e. The Morgan fingerprint density at radius 3 is 2.46 bits per heavy atom. The molecule has 3 heterocycles. The number of pyridine rings is 1. The van der Waals surface area contributed by atoms with Gasteiger partial charge in [0.1, 0.15) is 17.6 Å². The lowest BCUT2D eigenvalue weighted by Gasteiger charge is -2.26. The Bertz CT molecular complexity index is 1370. The lowest BCUT2D eigenvalue weighted by molar-refractivity contribution is 0.0697. The zero-order valence-corrected chi connectivity index (χ0v) is 20.2. The molecule has 0 aliphatic carbocycles. The van der Waals surface area contributed by atoms with Gasteiger partial charge in [-0.3, -0.25) is 4.98 Å². The summed E-state index contributed by atoms with van der Waals surface area (Å²) in [4.78, 5) is 18.4. The molecule has 2 aromatic carbocycles. The second-order valence-electron chi connectivity index (χ2n) is 8.80. The van der Waals surface area contributed by atoms with Gasteiger partial charge in [-0.05, 0) is 66.2 Å². The molecule has 2 atom stereocenters. The fraction of sp³-hybridized carbons (Fsp3) is 0.179. The molecule has 0 saturated carbocycles. The minimum Gasteiger partial charge on any atom is -0.478 e. The van der Waals surface area contributed by atoms with Crippen molar-refractivity contribution in [3.63, 3.8) is 0 Å². The number of thiocarbonyl (C=S) groups is 1. The first-order valence-corrected chi connectivity index (χ1v) is 11.9. The smallest absolute Gasteiger partial charge is 0.336 e. The first-order chi connectivity index (χ1) is 16.9. The van der Waals surface area contributed by atoms with Crippen LogP contribution < -0.4 is 10.2 Å². The largest absolute Gasteiger partial charge is 0.478 e. The molecule has 35 heavy (non-hydrogen) atoms. The SMILES string of the molecule is CC(C)c1ccc(N2C(=S)NC(c3ccccn3)C2c2ccc(-c3ccccc3C(=O)O)o2)cc1. The molecular weight excluding hydrogens is 458 g/mol. The molecule has 4 aromatic rings. The van der Waals surface area contributed by atoms with Crippen LogP contribution in [0.5, 0.6) is 0 Å². The molecular formula is C28H25N3O3S. The number of carboxylic acid groups (broad SMARTS) is 1. The quantitative estimate of drug-likeness (QED) is 0.310. The van der Waals surface area contributed by atoms with E-state index in [4.69, 9.17) is 16.6 Å². The fourth-order valence-corrected chi connectivity index (χ4v) is 4.83. The number of rotatable bonds is 6. The molecule has 0 bridgehead atoms. The predicted octanol–water partition coefficient (Wildman–Crippen LogP) is 6.34. The minimum atomic E-state index is -1.000. The standard InChI is InChI=1S/C28H25N3O3S/c1-17(2)18-10-12-19(13-11-18)31-26(25(30-28(31)35)22-9-5-6-16-29-22)24-15-14-23(34-24)20-7-3-4-8-21(20)27(32)33/h3-17,25-26H,1-2H3,(H,30,35)(H,32,33). The molecule has 0 spiro atoms. The number of aromatic nitrogens is 1. The van der Waals surface area contributed by atoms with E-state index < -0.39 is 5.97 Å². The van der Waals surface area contributed by atoms with Crippen molar-refractivity contribution in [3.05, 3.63) is 108 Å². The first-order valence-electron chi connectivity index (χ1n) is 11.5. The van der Waals surface area contributed by atoms with Crippen LogP contribution in [0.3, 0.4) is 0 Å². The van der Waals surface area contributed by atoms with Crippen molar-refractivity contribution in [2.45, 2.75) is 31.8 Å². The summed E-state index contributed by atoms with van der Waals surface area (Å²) in [6.07, 6.45) is 1.76. The van der Waals surface area contributed by atoms with Gasteiger partial charge in [0.15, 0.2) is 5.11 Å². The number of furan rings is 1. The van der Waals surface area contributed by atoms with Gasteiger partial charge >= 0.3 is 5.97 Å². The number of hydrogen-bond acceptors (Lipinski definition) is 4. The van der Waals surface area contributed by atoms with E-state index in [0.717, 1.165) is 11.4 Å². The number of nitrogens with one attached hydrogen (secondary N) is 1. The summed E-state index contributed by atoms with van der Waals surface area (Å²) in [5.74, 6) is 0.578. The van der Waals surface area contributed by atoms with Gasteiger partial charge in [0.2, 0.25) is 0 Å². The first kappa shape index (κ1) is 22.8. The lowest BCUT2D eigenvalue weighted by Crippen LogP contribution is -2.29. The van der Waals surface area contributed by atoms with Crippen molar-refractivity contribution in [2.75, 3.05) is 4.90 Å². The molecule has 2 aromatic heterocycles. The number of aromatic carboxylic acids is 1. The monoisotopic (exact) mass is 483 g/mol. The Morgan fingerprint density at radius 1 is 1.03 bits per heavy atom. The van der Waals surface area contributed by atoms with Gasteiger partial charge in [0.25, 0.3) is 0 Å². The van der Waals surface area contributed by atoms with Gasteiger partial charge in [-0.25, -0.2) is 4.79 Å². The van der Waals surface area contributed by atoms with Crippen LogP contribution in [0.2, 0.25) is 0 Å². The van der Waals surface area contributed by atoms with Gasteiger partial charge in [0, 0.05) is 17.4 Å². The van der Waals surface area contributed by atoms with Gasteiger partial charge in [-0.15, -0.1) is 0 Å². The van der Waals surface area contributed by atoms with E-state index in [1.54, 1.807) is 30.5 Å². The van der Waals surface area contributed by atoms with Gasteiger partial charge < -0.3 is 19.7 Å². The molecule has 7 heteroatoms. The highest BCUT2D eigenvalue weighted by molar-refractivity contribution is 7.80. The van der Waals surface area contributed by atoms with Crippen LogP contribution in [-0.4, -0.2) is 21.2 Å². The number of nitrogens with zero attached hydrogens (tertiary/aromatic N) is 2. The van der Waals surface area contributed by atoms with Gasteiger partial charge in [0.05, 0.1) is 17.3 Å². The zero-order chi connectivity index (χ0) is 24.5. The fourth-order valence-electron chi connectivity index (χ4n) is 4.48. The van der Waals surface area contributed by atoms with E-state index in [1.807, 2.05) is 35.2 Å². The predicted molar refractivity (Wildman–Crippen MR) is 140 cm³/mol. The Labute approximate surface area is 209 Å². The second kappa shape index (κ2) is 9.35. The molecule has 1 saturated heterocycles. The molecule has 1 fully saturated rings. The highest BCUT2D eigenvalue weighted by atomic mass is 32.1. The Morgan fingerprint density at radius 2 is 1.77 bits per heavy atom. The number of carbonyl (C=O) groups is 1. The summed E-state index contributed by atoms with van der Waals surface area (Å²) >= 11 is 5.78. The summed E-state index contributed by atoms with van der Waals surface area (Å²) in [7, 11) is 0. The van der Waals surface area contributed by atoms with Crippen molar-refractivity contribution < 1.29 is 14.3 Å². The summed E-state index contributed by atoms with van der Waals surface area (Å²) in [5.41, 5.74) is 3.75. The van der Waals surface area contributed by atoms with E-state index in [9.17, 15) is 9.90 Å². The van der Waals surface area contributed by atoms with Crippen LogP contribution in [0, 0.1) is 0 Å². The van der Waals surface area contributed by atoms with E-state index in [-0.39, 0.29) is 17.6 Å². The van der Waals surface area contributed by atoms with Gasteiger partial charge in [-0.2, -0.15) is 0 Å². The van der Waals surface area contributed by atoms with Crippen LogP contribution in [0.25, 0.3) is 11.3 Å². The third-order valence-electron chi connectivity index (χ3n) is 6.28. The molecule has 6 nitrogen and oxygen atoms in total. The van der Waals surface area contributed by atoms with Crippen LogP contribution in [0.4, 0.5) is 5.69 Å². The van der Waals surface area contributed by atoms with E-state index >= 15 is 0 Å². The van der Waals surface area contributed by atoms with E-state index in [0.29, 0.717) is 28.1 Å². The van der Waals surface area contributed by atoms with Crippen molar-refractivity contribution in [1.82, 2.24) is 10.3 Å². The molecule has 1 aliphatic rings. The van der Waals surface area contributed by atoms with E-state index in [2.05, 4.69) is 48.4 Å². The maximum atomic E-state index is 11.8. The third-order valence-corrected chi connectivity index (χ3v) is 6.59. The molecule has 2 unspecified atom stereocenters. The van der Waals surface area contributed by atoms with Crippen molar-refractivity contribution in [1.29, 1.82) is 0 Å². The molecule has 2 N–H and O–H groups in total. The van der Waals surface area contributed by atoms with Crippen molar-refractivity contribution >= 4 is 29.0 Å². The summed E-state index contributed by atoms with van der Waals surface area (Å²) in [6, 6.07) is 24.1. The third kappa shape index (κ3) is 4.31. The average molecular weight is 484 g/mol. The van der Waals surface area contributed by atoms with Crippen LogP contribution in [0.15, 0.2) is 89.5 Å². The van der Waals surface area contributed by atoms with Gasteiger partial charge in [-0.1, -0.05) is 50.2 Å². The lowest BCUT2D eigenvalue weighted by atomic mass is 10.0. The molecule has 0 radical (unpaired) electrons. The molecule has 0 amide bonds. The summed E-state index contributed by atoms with van der Waals surface area (Å²) < 4.78 is 6.33. The minimum absolute atomic E-state index is 0.191. The molecule has 1 aliphatic heterocycles. The Balaban J connectivity index is 1.60. The number of anilines is 1. The number of benzene rings is 2. The Kier molecular flexibility index (Phi) is 6.09. The zero-order valence-electron chi connectivity index (χ0n) is 19.4.